The zero-order valence-corrected chi connectivity index (χ0v) is 14.3. The third kappa shape index (κ3) is 3.16. The fourth-order valence-electron chi connectivity index (χ4n) is 4.00. The molecule has 2 bridgehead atoms. The maximum Gasteiger partial charge on any atom is 0.321 e. The van der Waals surface area contributed by atoms with Crippen LogP contribution in [0.1, 0.15) is 18.0 Å². The van der Waals surface area contributed by atoms with Crippen LogP contribution in [-0.4, -0.2) is 33.5 Å². The lowest BCUT2D eigenvalue weighted by Crippen LogP contribution is -2.50. The molecule has 2 amide bonds. The van der Waals surface area contributed by atoms with Gasteiger partial charge in [-0.05, 0) is 30.5 Å². The van der Waals surface area contributed by atoms with E-state index in [1.54, 1.807) is 15.5 Å². The van der Waals surface area contributed by atoms with Gasteiger partial charge in [-0.15, -0.1) is 0 Å². The first-order valence-corrected chi connectivity index (χ1v) is 8.62. The predicted octanol–water partition coefficient (Wildman–Crippen LogP) is 2.55. The minimum absolute atomic E-state index is 0.0290. The van der Waals surface area contributed by atoms with Gasteiger partial charge in [0.05, 0.1) is 4.92 Å². The number of hydrogen-bond acceptors (Lipinski definition) is 4. The number of nitrogens with zero attached hydrogens (tertiary/aromatic N) is 3. The standard InChI is InChI=1S/C18H17FN4O4/c19-14-5-4-13(7-16(14)23(26)27)20-18(25)21-8-11-6-12(10-21)15-2-1-3-17(24)22(15)9-11/h1-5,7,11-12H,6,8-10H2,(H,20,25)/t11-,12-/m0/s1. The summed E-state index contributed by atoms with van der Waals surface area (Å²) in [4.78, 5) is 36.3. The number of anilines is 1. The van der Waals surface area contributed by atoms with Crippen molar-refractivity contribution >= 4 is 17.4 Å². The van der Waals surface area contributed by atoms with Crippen LogP contribution in [0.25, 0.3) is 0 Å². The quantitative estimate of drug-likeness (QED) is 0.647. The Morgan fingerprint density at radius 3 is 2.81 bits per heavy atom. The van der Waals surface area contributed by atoms with Crippen molar-refractivity contribution in [2.24, 2.45) is 5.92 Å². The fraction of sp³-hybridized carbons (Fsp3) is 0.333. The number of halogens is 1. The molecule has 1 aromatic carbocycles. The second-order valence-corrected chi connectivity index (χ2v) is 6.96. The Labute approximate surface area is 153 Å². The van der Waals surface area contributed by atoms with E-state index in [1.807, 2.05) is 6.07 Å². The minimum atomic E-state index is -0.951. The summed E-state index contributed by atoms with van der Waals surface area (Å²) in [6.45, 7) is 1.51. The molecule has 1 fully saturated rings. The van der Waals surface area contributed by atoms with Gasteiger partial charge in [0, 0.05) is 49.1 Å². The van der Waals surface area contributed by atoms with Gasteiger partial charge in [0.1, 0.15) is 0 Å². The van der Waals surface area contributed by atoms with Gasteiger partial charge in [-0.3, -0.25) is 14.9 Å². The zero-order valence-electron chi connectivity index (χ0n) is 14.3. The maximum atomic E-state index is 13.4. The van der Waals surface area contributed by atoms with Crippen LogP contribution in [0.3, 0.4) is 0 Å². The Balaban J connectivity index is 1.52. The zero-order chi connectivity index (χ0) is 19.1. The second kappa shape index (κ2) is 6.49. The molecule has 140 valence electrons. The number of rotatable bonds is 2. The number of carbonyl (C=O) groups excluding carboxylic acids is 1. The highest BCUT2D eigenvalue weighted by atomic mass is 19.1. The van der Waals surface area contributed by atoms with Crippen LogP contribution < -0.4 is 10.9 Å². The third-order valence-electron chi connectivity index (χ3n) is 5.16. The second-order valence-electron chi connectivity index (χ2n) is 6.96. The van der Waals surface area contributed by atoms with Gasteiger partial charge in [-0.1, -0.05) is 6.07 Å². The summed E-state index contributed by atoms with van der Waals surface area (Å²) in [5, 5.41) is 13.5. The molecule has 4 rings (SSSR count). The average molecular weight is 372 g/mol. The summed E-state index contributed by atoms with van der Waals surface area (Å²) in [6, 6.07) is 8.04. The lowest BCUT2D eigenvalue weighted by atomic mass is 9.83. The van der Waals surface area contributed by atoms with E-state index in [9.17, 15) is 24.1 Å². The Kier molecular flexibility index (Phi) is 4.14. The first-order valence-electron chi connectivity index (χ1n) is 8.62. The van der Waals surface area contributed by atoms with E-state index in [0.29, 0.717) is 19.6 Å². The molecule has 8 nitrogen and oxygen atoms in total. The highest BCUT2D eigenvalue weighted by Crippen LogP contribution is 2.35. The summed E-state index contributed by atoms with van der Waals surface area (Å²) in [7, 11) is 0. The SMILES string of the molecule is O=C(Nc1ccc(F)c([N+](=O)[O-])c1)N1C[C@@H]2C[C@@H](C1)c1cccc(=O)n1C2. The molecular formula is C18H17FN4O4. The topological polar surface area (TPSA) is 97.5 Å². The van der Waals surface area contributed by atoms with Crippen molar-refractivity contribution in [2.75, 3.05) is 18.4 Å². The van der Waals surface area contributed by atoms with Crippen molar-refractivity contribution in [3.05, 3.63) is 68.4 Å². The summed E-state index contributed by atoms with van der Waals surface area (Å²) >= 11 is 0. The fourth-order valence-corrected chi connectivity index (χ4v) is 4.00. The van der Waals surface area contributed by atoms with Crippen LogP contribution in [0.5, 0.6) is 0 Å². The molecule has 27 heavy (non-hydrogen) atoms. The Morgan fingerprint density at radius 2 is 2.04 bits per heavy atom. The lowest BCUT2D eigenvalue weighted by Gasteiger charge is -2.42. The van der Waals surface area contributed by atoms with Crippen molar-refractivity contribution in [2.45, 2.75) is 18.9 Å². The molecule has 0 unspecified atom stereocenters. The lowest BCUT2D eigenvalue weighted by molar-refractivity contribution is -0.387. The van der Waals surface area contributed by atoms with Gasteiger partial charge >= 0.3 is 11.7 Å². The first kappa shape index (κ1) is 17.2. The number of likely N-dealkylation sites (tertiary alicyclic amines) is 1. The Bertz CT molecular complexity index is 990. The van der Waals surface area contributed by atoms with E-state index in [2.05, 4.69) is 5.32 Å². The van der Waals surface area contributed by atoms with Crippen LogP contribution >= 0.6 is 0 Å². The van der Waals surface area contributed by atoms with E-state index < -0.39 is 22.5 Å². The molecule has 2 atom stereocenters. The summed E-state index contributed by atoms with van der Waals surface area (Å²) < 4.78 is 15.2. The molecular weight excluding hydrogens is 355 g/mol. The largest absolute Gasteiger partial charge is 0.324 e. The summed E-state index contributed by atoms with van der Waals surface area (Å²) in [5.74, 6) is -0.711. The molecule has 2 aliphatic rings. The number of hydrogen-bond donors (Lipinski definition) is 1. The average Bonchev–Trinajstić information content (AvgIpc) is 2.64. The first-order chi connectivity index (χ1) is 12.9. The molecule has 1 N–H and O–H groups in total. The van der Waals surface area contributed by atoms with Gasteiger partial charge in [-0.2, -0.15) is 4.39 Å². The summed E-state index contributed by atoms with van der Waals surface area (Å²) in [6.07, 6.45) is 0.912. The number of urea groups is 1. The molecule has 2 aliphatic heterocycles. The predicted molar refractivity (Wildman–Crippen MR) is 95.2 cm³/mol. The number of carbonyl (C=O) groups is 1. The number of piperidine rings is 1. The van der Waals surface area contributed by atoms with Crippen molar-refractivity contribution in [1.82, 2.24) is 9.47 Å². The van der Waals surface area contributed by atoms with Crippen molar-refractivity contribution < 1.29 is 14.1 Å². The molecule has 2 aromatic rings. The van der Waals surface area contributed by atoms with Gasteiger partial charge in [0.25, 0.3) is 5.56 Å². The van der Waals surface area contributed by atoms with Crippen molar-refractivity contribution in [3.63, 3.8) is 0 Å². The molecule has 1 aromatic heterocycles. The van der Waals surface area contributed by atoms with Crippen LogP contribution in [-0.2, 0) is 6.54 Å². The van der Waals surface area contributed by atoms with Crippen LogP contribution in [0, 0.1) is 21.8 Å². The molecule has 0 spiro atoms. The number of pyridine rings is 1. The van der Waals surface area contributed by atoms with Crippen molar-refractivity contribution in [3.8, 4) is 0 Å². The molecule has 0 saturated carbocycles. The van der Waals surface area contributed by atoms with E-state index >= 15 is 0 Å². The number of nitro benzene ring substituents is 1. The molecule has 3 heterocycles. The molecule has 9 heteroatoms. The van der Waals surface area contributed by atoms with Gasteiger partial charge in [-0.25, -0.2) is 4.79 Å². The van der Waals surface area contributed by atoms with E-state index in [1.165, 1.54) is 12.1 Å². The van der Waals surface area contributed by atoms with E-state index in [-0.39, 0.29) is 23.1 Å². The van der Waals surface area contributed by atoms with Gasteiger partial charge < -0.3 is 14.8 Å². The van der Waals surface area contributed by atoms with E-state index in [0.717, 1.165) is 24.2 Å². The number of nitro groups is 1. The maximum absolute atomic E-state index is 13.4. The number of amides is 2. The van der Waals surface area contributed by atoms with Gasteiger partial charge in [0.2, 0.25) is 5.82 Å². The Morgan fingerprint density at radius 1 is 1.22 bits per heavy atom. The van der Waals surface area contributed by atoms with Crippen LogP contribution in [0.2, 0.25) is 0 Å². The van der Waals surface area contributed by atoms with Gasteiger partial charge in [0.15, 0.2) is 0 Å². The smallest absolute Gasteiger partial charge is 0.321 e. The Hall–Kier alpha value is -3.23. The molecule has 0 aliphatic carbocycles. The van der Waals surface area contributed by atoms with Crippen molar-refractivity contribution in [1.29, 1.82) is 0 Å². The number of aromatic nitrogens is 1. The third-order valence-corrected chi connectivity index (χ3v) is 5.16. The number of benzene rings is 1. The molecule has 0 radical (unpaired) electrons. The minimum Gasteiger partial charge on any atom is -0.324 e. The molecule has 1 saturated heterocycles. The highest BCUT2D eigenvalue weighted by molar-refractivity contribution is 5.89. The van der Waals surface area contributed by atoms with Crippen LogP contribution in [0.4, 0.5) is 20.6 Å². The van der Waals surface area contributed by atoms with E-state index in [4.69, 9.17) is 0 Å². The summed E-state index contributed by atoms with van der Waals surface area (Å²) in [5.41, 5.74) is 0.379. The number of nitrogens with one attached hydrogen (secondary N) is 1. The normalized spacial score (nSPS) is 20.7. The van der Waals surface area contributed by atoms with Crippen LogP contribution in [0.15, 0.2) is 41.2 Å². The number of fused-ring (bicyclic) bond motifs is 4. The highest BCUT2D eigenvalue weighted by Gasteiger charge is 2.36. The monoisotopic (exact) mass is 372 g/mol.